The zero-order valence-electron chi connectivity index (χ0n) is 14.6. The monoisotopic (exact) mass is 357 g/mol. The smallest absolute Gasteiger partial charge is 0.413 e. The molecule has 7 heteroatoms. The van der Waals surface area contributed by atoms with Gasteiger partial charge in [0, 0.05) is 6.08 Å². The van der Waals surface area contributed by atoms with Crippen LogP contribution in [0.5, 0.6) is 5.75 Å². The van der Waals surface area contributed by atoms with E-state index in [9.17, 15) is 14.4 Å². The van der Waals surface area contributed by atoms with E-state index in [1.165, 1.54) is 13.0 Å². The maximum absolute atomic E-state index is 11.8. The Labute approximate surface area is 150 Å². The zero-order chi connectivity index (χ0) is 19.1. The van der Waals surface area contributed by atoms with Gasteiger partial charge >= 0.3 is 12.1 Å². The lowest BCUT2D eigenvalue weighted by Crippen LogP contribution is -2.39. The molecule has 0 unspecified atom stereocenters. The van der Waals surface area contributed by atoms with E-state index in [2.05, 4.69) is 4.74 Å². The van der Waals surface area contributed by atoms with Gasteiger partial charge in [0.2, 0.25) is 0 Å². The van der Waals surface area contributed by atoms with Crippen molar-refractivity contribution < 1.29 is 28.6 Å². The number of hydrogen-bond donors (Lipinski definition) is 1. The van der Waals surface area contributed by atoms with Crippen molar-refractivity contribution in [2.75, 3.05) is 14.2 Å². The lowest BCUT2D eigenvalue weighted by molar-refractivity contribution is -0.149. The van der Waals surface area contributed by atoms with Gasteiger partial charge in [-0.05, 0) is 47.5 Å². The third-order valence-electron chi connectivity index (χ3n) is 3.56. The largest absolute Gasteiger partial charge is 0.497 e. The number of fused-ring (bicyclic) bond motifs is 1. The Morgan fingerprint density at radius 1 is 1.04 bits per heavy atom. The Hall–Kier alpha value is -3.35. The molecule has 136 valence electrons. The summed E-state index contributed by atoms with van der Waals surface area (Å²) < 4.78 is 14.4. The SMILES string of the molecule is COC(=O)NC(=O)[C@H](C)OC(=O)/C=C/c1ccc2cc(OC)ccc2c1. The van der Waals surface area contributed by atoms with Gasteiger partial charge in [-0.25, -0.2) is 9.59 Å². The third kappa shape index (κ3) is 5.07. The molecule has 0 aliphatic rings. The fourth-order valence-electron chi connectivity index (χ4n) is 2.16. The minimum atomic E-state index is -1.13. The molecule has 0 saturated carbocycles. The number of methoxy groups -OCH3 is 2. The van der Waals surface area contributed by atoms with Crippen LogP contribution in [0.25, 0.3) is 16.8 Å². The van der Waals surface area contributed by atoms with Crippen LogP contribution in [-0.4, -0.2) is 38.3 Å². The minimum absolute atomic E-state index is 0.702. The van der Waals surface area contributed by atoms with Crippen LogP contribution < -0.4 is 10.1 Å². The zero-order valence-corrected chi connectivity index (χ0v) is 14.6. The number of rotatable bonds is 5. The van der Waals surface area contributed by atoms with Gasteiger partial charge in [0.25, 0.3) is 5.91 Å². The highest BCUT2D eigenvalue weighted by molar-refractivity contribution is 5.96. The van der Waals surface area contributed by atoms with Crippen molar-refractivity contribution in [3.63, 3.8) is 0 Å². The first kappa shape index (κ1) is 19.0. The molecular formula is C19H19NO6. The quantitative estimate of drug-likeness (QED) is 0.653. The molecule has 0 saturated heterocycles. The van der Waals surface area contributed by atoms with Crippen molar-refractivity contribution >= 4 is 34.8 Å². The number of nitrogens with one attached hydrogen (secondary N) is 1. The van der Waals surface area contributed by atoms with Gasteiger partial charge in [-0.15, -0.1) is 0 Å². The van der Waals surface area contributed by atoms with Gasteiger partial charge in [-0.1, -0.05) is 18.2 Å². The van der Waals surface area contributed by atoms with Crippen LogP contribution in [0.2, 0.25) is 0 Å². The van der Waals surface area contributed by atoms with Crippen molar-refractivity contribution in [2.24, 2.45) is 0 Å². The molecule has 1 atom stereocenters. The molecule has 1 N–H and O–H groups in total. The van der Waals surface area contributed by atoms with E-state index in [1.807, 2.05) is 41.7 Å². The number of esters is 1. The van der Waals surface area contributed by atoms with Crippen LogP contribution in [0.4, 0.5) is 4.79 Å². The normalized spacial score (nSPS) is 11.8. The standard InChI is InChI=1S/C19H19NO6/c1-12(18(22)20-19(23)25-3)26-17(21)9-5-13-4-6-15-11-16(24-2)8-7-14(15)10-13/h4-12H,1-3H3,(H,20,22,23)/b9-5+/t12-/m0/s1. The van der Waals surface area contributed by atoms with Crippen molar-refractivity contribution in [3.05, 3.63) is 48.0 Å². The van der Waals surface area contributed by atoms with Gasteiger partial charge in [0.1, 0.15) is 5.75 Å². The van der Waals surface area contributed by atoms with Crippen LogP contribution in [0.3, 0.4) is 0 Å². The molecule has 7 nitrogen and oxygen atoms in total. The summed E-state index contributed by atoms with van der Waals surface area (Å²) in [5.74, 6) is -0.700. The number of carbonyl (C=O) groups excluding carboxylic acids is 3. The second-order valence-electron chi connectivity index (χ2n) is 5.37. The van der Waals surface area contributed by atoms with E-state index < -0.39 is 24.1 Å². The van der Waals surface area contributed by atoms with E-state index in [4.69, 9.17) is 9.47 Å². The summed E-state index contributed by atoms with van der Waals surface area (Å²) in [4.78, 5) is 34.4. The highest BCUT2D eigenvalue weighted by Crippen LogP contribution is 2.22. The van der Waals surface area contributed by atoms with E-state index in [0.29, 0.717) is 0 Å². The van der Waals surface area contributed by atoms with Gasteiger partial charge < -0.3 is 14.2 Å². The average Bonchev–Trinajstić information content (AvgIpc) is 2.65. The maximum Gasteiger partial charge on any atom is 0.413 e. The summed E-state index contributed by atoms with van der Waals surface area (Å²) in [6.07, 6.45) is 0.750. The number of carbonyl (C=O) groups is 3. The molecule has 0 bridgehead atoms. The Morgan fingerprint density at radius 3 is 2.42 bits per heavy atom. The van der Waals surface area contributed by atoms with Gasteiger partial charge in [-0.2, -0.15) is 0 Å². The lowest BCUT2D eigenvalue weighted by Gasteiger charge is -2.10. The van der Waals surface area contributed by atoms with Crippen molar-refractivity contribution in [1.82, 2.24) is 5.32 Å². The first-order chi connectivity index (χ1) is 12.4. The molecule has 0 aliphatic heterocycles. The van der Waals surface area contributed by atoms with E-state index >= 15 is 0 Å². The first-order valence-corrected chi connectivity index (χ1v) is 7.78. The molecule has 2 rings (SSSR count). The molecule has 0 radical (unpaired) electrons. The molecule has 26 heavy (non-hydrogen) atoms. The fourth-order valence-corrected chi connectivity index (χ4v) is 2.16. The summed E-state index contributed by atoms with van der Waals surface area (Å²) in [5.41, 5.74) is 0.797. The Balaban J connectivity index is 2.00. The number of hydrogen-bond acceptors (Lipinski definition) is 6. The lowest BCUT2D eigenvalue weighted by atomic mass is 10.1. The molecule has 0 spiro atoms. The van der Waals surface area contributed by atoms with Crippen LogP contribution >= 0.6 is 0 Å². The Morgan fingerprint density at radius 2 is 1.73 bits per heavy atom. The average molecular weight is 357 g/mol. The molecule has 0 fully saturated rings. The molecule has 0 heterocycles. The second-order valence-corrected chi connectivity index (χ2v) is 5.37. The fraction of sp³-hybridized carbons (Fsp3) is 0.211. The predicted molar refractivity (Wildman–Crippen MR) is 95.6 cm³/mol. The number of amides is 2. The maximum atomic E-state index is 11.8. The van der Waals surface area contributed by atoms with Gasteiger partial charge in [0.05, 0.1) is 14.2 Å². The highest BCUT2D eigenvalue weighted by Gasteiger charge is 2.19. The van der Waals surface area contributed by atoms with Crippen LogP contribution in [0, 0.1) is 0 Å². The van der Waals surface area contributed by atoms with Crippen molar-refractivity contribution in [2.45, 2.75) is 13.0 Å². The van der Waals surface area contributed by atoms with Crippen molar-refractivity contribution in [3.8, 4) is 5.75 Å². The topological polar surface area (TPSA) is 90.9 Å². The molecule has 0 aromatic heterocycles. The Bertz CT molecular complexity index is 858. The van der Waals surface area contributed by atoms with Gasteiger partial charge in [0.15, 0.2) is 6.10 Å². The molecule has 2 aromatic rings. The summed E-state index contributed by atoms with van der Waals surface area (Å²) in [5, 5.41) is 3.93. The Kier molecular flexibility index (Phi) is 6.32. The highest BCUT2D eigenvalue weighted by atomic mass is 16.6. The van der Waals surface area contributed by atoms with Crippen LogP contribution in [-0.2, 0) is 19.1 Å². The second kappa shape index (κ2) is 8.66. The summed E-state index contributed by atoms with van der Waals surface area (Å²) >= 11 is 0. The predicted octanol–water partition coefficient (Wildman–Crippen LogP) is 2.68. The molecular weight excluding hydrogens is 338 g/mol. The van der Waals surface area contributed by atoms with Gasteiger partial charge in [-0.3, -0.25) is 10.1 Å². The number of benzene rings is 2. The van der Waals surface area contributed by atoms with Crippen LogP contribution in [0.1, 0.15) is 12.5 Å². The van der Waals surface area contributed by atoms with Crippen molar-refractivity contribution in [1.29, 1.82) is 0 Å². The third-order valence-corrected chi connectivity index (χ3v) is 3.56. The first-order valence-electron chi connectivity index (χ1n) is 7.78. The molecule has 0 aliphatic carbocycles. The van der Waals surface area contributed by atoms with Crippen LogP contribution in [0.15, 0.2) is 42.5 Å². The summed E-state index contributed by atoms with van der Waals surface area (Å²) in [7, 11) is 2.73. The van der Waals surface area contributed by atoms with E-state index in [0.717, 1.165) is 29.2 Å². The number of imide groups is 1. The summed E-state index contributed by atoms with van der Waals surface area (Å²) in [6.45, 7) is 1.35. The van der Waals surface area contributed by atoms with E-state index in [1.54, 1.807) is 13.2 Å². The number of alkyl carbamates (subject to hydrolysis) is 1. The van der Waals surface area contributed by atoms with E-state index in [-0.39, 0.29) is 0 Å². The molecule has 2 amide bonds. The number of ether oxygens (including phenoxy) is 3. The minimum Gasteiger partial charge on any atom is -0.497 e. The summed E-state index contributed by atoms with van der Waals surface area (Å²) in [6, 6.07) is 11.4. The molecule has 2 aromatic carbocycles.